The highest BCUT2D eigenvalue weighted by atomic mass is 19.1. The van der Waals surface area contributed by atoms with E-state index < -0.39 is 0 Å². The van der Waals surface area contributed by atoms with E-state index in [1.54, 1.807) is 0 Å². The van der Waals surface area contributed by atoms with Crippen molar-refractivity contribution in [1.82, 2.24) is 0 Å². The average Bonchev–Trinajstić information content (AvgIpc) is 0.763. The van der Waals surface area contributed by atoms with Crippen LogP contribution in [0.1, 0.15) is 220 Å². The topological polar surface area (TPSA) is 19.4 Å². The highest BCUT2D eigenvalue weighted by molar-refractivity contribution is 5.87. The molecule has 650 valence electrons. The summed E-state index contributed by atoms with van der Waals surface area (Å²) in [4.78, 5) is 0. The molecule has 0 fully saturated rings. The second-order valence-electron chi connectivity index (χ2n) is 39.5. The van der Waals surface area contributed by atoms with Crippen LogP contribution in [0.4, 0.5) is 4.39 Å². The molecule has 5 aromatic heterocycles. The standard InChI is InChI=1S/C27H36N.C25H31FN.C23H28N.2C22H26N/c1-17(2)11-22-15-23(12-18(3)4)24-9-10-26(28(8)27(24)16-22)25-14-19(5)13-20(6)21(25)7;1-14(2)20-13-23-19(24(15(3)4)25(20)26)9-10-22(27(23)8)21-12-16(5)11-17(6)18(21)7;1-15(2)12-19-8-7-9-22-20(19)10-11-23(24(22)6)21-14-16(3)13-17(4)18(21)5;1-15(2)12-18-8-9-19-10-11-21(23(5)22(19)14-18)20-13-16(3)6-7-17(20)4;1-15(2)13-18-7-6-8-21-19(18)11-12-22(23(21)5)20-14-16(3)9-10-17(20)4/h9-10,13-18H,11-12H2,1-8H3;9-15H,1-8H3;7-11,13-15H,12H2,1-6H3;6-11,13-15H,12H2,1-5H3;6-12,14-15H,13H2,1-5H3/q5*+1. The summed E-state index contributed by atoms with van der Waals surface area (Å²) in [6.07, 6.45) is 5.64. The Labute approximate surface area is 752 Å². The Bertz CT molecular complexity index is 6410. The lowest BCUT2D eigenvalue weighted by Gasteiger charge is -2.17. The van der Waals surface area contributed by atoms with Gasteiger partial charge < -0.3 is 0 Å². The van der Waals surface area contributed by atoms with Gasteiger partial charge in [0.25, 0.3) is 0 Å². The SMILES string of the molecule is Cc1cc(C)c(C)c(-c2ccc3c(C(C)C)c(F)c(C(C)C)cc3[n+]2C)c1.Cc1cc(C)c(C)c(-c2ccc3c(CC(C)C)cc(CC(C)C)cc3[n+]2C)c1.Cc1cc(C)c(C)c(-c2ccc3c(CC(C)C)cccc3[n+]2C)c1.Cc1ccc(C)c(-c2ccc3c(CC(C)C)cccc3[n+]2C)c1.Cc1ccc(C)c(-c2ccc3ccc(CC(C)C)cc3[n+]2C)c1. The highest BCUT2D eigenvalue weighted by Crippen LogP contribution is 2.38. The van der Waals surface area contributed by atoms with Crippen molar-refractivity contribution in [3.8, 4) is 56.3 Å². The molecule has 0 atom stereocenters. The minimum Gasteiger partial charge on any atom is -0.206 e. The summed E-state index contributed by atoms with van der Waals surface area (Å²) in [5.74, 6) is 3.59. The first-order chi connectivity index (χ1) is 59.1. The first-order valence-corrected chi connectivity index (χ1v) is 46.3. The van der Waals surface area contributed by atoms with Gasteiger partial charge in [0.05, 0.1) is 5.39 Å². The minimum absolute atomic E-state index is 0.0390. The summed E-state index contributed by atoms with van der Waals surface area (Å²) in [6.45, 7) is 59.6. The van der Waals surface area contributed by atoms with E-state index >= 15 is 4.39 Å². The number of nitrogens with zero attached hydrogens (tertiary/aromatic N) is 5. The Kier molecular flexibility index (Phi) is 30.8. The lowest BCUT2D eigenvalue weighted by molar-refractivity contribution is -0.633. The van der Waals surface area contributed by atoms with E-state index in [9.17, 15) is 0 Å². The van der Waals surface area contributed by atoms with Crippen LogP contribution in [0.3, 0.4) is 0 Å². The number of hydrogen-bond donors (Lipinski definition) is 0. The van der Waals surface area contributed by atoms with Gasteiger partial charge in [-0.15, -0.1) is 0 Å². The zero-order chi connectivity index (χ0) is 91.2. The van der Waals surface area contributed by atoms with Crippen LogP contribution in [0, 0.1) is 125 Å². The Morgan fingerprint density at radius 3 is 0.976 bits per heavy atom. The zero-order valence-electron chi connectivity index (χ0n) is 82.3. The first-order valence-electron chi connectivity index (χ1n) is 46.3. The van der Waals surface area contributed by atoms with Gasteiger partial charge in [0, 0.05) is 116 Å². The third kappa shape index (κ3) is 21.8. The summed E-state index contributed by atoms with van der Waals surface area (Å²) >= 11 is 0. The predicted octanol–water partition coefficient (Wildman–Crippen LogP) is 29.0. The number of rotatable bonds is 17. The molecular weight excluding hydrogens is 1520 g/mol. The van der Waals surface area contributed by atoms with Crippen molar-refractivity contribution in [2.75, 3.05) is 0 Å². The summed E-state index contributed by atoms with van der Waals surface area (Å²) in [5.41, 5.74) is 45.4. The largest absolute Gasteiger partial charge is 0.213 e. The lowest BCUT2D eigenvalue weighted by Crippen LogP contribution is -2.33. The van der Waals surface area contributed by atoms with Gasteiger partial charge in [-0.3, -0.25) is 0 Å². The Hall–Kier alpha value is -10.8. The lowest BCUT2D eigenvalue weighted by atomic mass is 9.90. The molecule has 0 aliphatic carbocycles. The normalized spacial score (nSPS) is 11.6. The molecular formula is C119H147FN5+5. The third-order valence-corrected chi connectivity index (χ3v) is 25.7. The zero-order valence-corrected chi connectivity index (χ0v) is 82.3. The Morgan fingerprint density at radius 2 is 0.576 bits per heavy atom. The summed E-state index contributed by atoms with van der Waals surface area (Å²) < 4.78 is 26.9. The van der Waals surface area contributed by atoms with Crippen LogP contribution in [-0.4, -0.2) is 0 Å². The molecule has 0 saturated carbocycles. The van der Waals surface area contributed by atoms with Crippen LogP contribution in [0.5, 0.6) is 0 Å². The van der Waals surface area contributed by atoms with Crippen LogP contribution in [-0.2, 0) is 67.3 Å². The summed E-state index contributed by atoms with van der Waals surface area (Å²) in [7, 11) is 10.9. The van der Waals surface area contributed by atoms with E-state index in [-0.39, 0.29) is 17.7 Å². The van der Waals surface area contributed by atoms with Crippen LogP contribution in [0.25, 0.3) is 111 Å². The van der Waals surface area contributed by atoms with Gasteiger partial charge in [0.1, 0.15) is 41.1 Å². The molecule has 0 aliphatic heterocycles. The summed E-state index contributed by atoms with van der Waals surface area (Å²) in [5, 5.41) is 6.46. The molecule has 125 heavy (non-hydrogen) atoms. The van der Waals surface area contributed by atoms with Crippen LogP contribution in [0.15, 0.2) is 206 Å². The van der Waals surface area contributed by atoms with Gasteiger partial charge >= 0.3 is 0 Å². The smallest absolute Gasteiger partial charge is 0.206 e. The summed E-state index contributed by atoms with van der Waals surface area (Å²) in [6, 6.07) is 76.7. The second-order valence-corrected chi connectivity index (χ2v) is 39.5. The molecule has 10 aromatic carbocycles. The molecule has 0 radical (unpaired) electrons. The van der Waals surface area contributed by atoms with Crippen molar-refractivity contribution >= 4 is 54.5 Å². The maximum Gasteiger partial charge on any atom is 0.213 e. The Morgan fingerprint density at radius 1 is 0.248 bits per heavy atom. The number of hydrogen-bond acceptors (Lipinski definition) is 0. The molecule has 15 rings (SSSR count). The number of benzene rings is 10. The van der Waals surface area contributed by atoms with Gasteiger partial charge in [-0.1, -0.05) is 204 Å². The van der Waals surface area contributed by atoms with Gasteiger partial charge in [-0.2, -0.15) is 22.8 Å². The van der Waals surface area contributed by atoms with Gasteiger partial charge in [-0.05, 0) is 308 Å². The van der Waals surface area contributed by atoms with E-state index in [1.165, 1.54) is 200 Å². The van der Waals surface area contributed by atoms with Gasteiger partial charge in [-0.25, -0.2) is 4.39 Å². The van der Waals surface area contributed by atoms with E-state index in [0.29, 0.717) is 29.6 Å². The van der Waals surface area contributed by atoms with E-state index in [0.717, 1.165) is 54.1 Å². The molecule has 0 amide bonds. The van der Waals surface area contributed by atoms with Crippen molar-refractivity contribution in [2.45, 2.75) is 231 Å². The molecule has 0 bridgehead atoms. The number of aryl methyl sites for hydroxylation is 15. The monoisotopic (exact) mass is 1670 g/mol. The van der Waals surface area contributed by atoms with E-state index in [4.69, 9.17) is 0 Å². The van der Waals surface area contributed by atoms with E-state index in [1.807, 2.05) is 6.07 Å². The molecule has 0 aliphatic rings. The van der Waals surface area contributed by atoms with Gasteiger partial charge in [0.2, 0.25) is 56.1 Å². The van der Waals surface area contributed by atoms with Gasteiger partial charge in [0.15, 0.2) is 0 Å². The van der Waals surface area contributed by atoms with Crippen LogP contribution >= 0.6 is 0 Å². The van der Waals surface area contributed by atoms with Crippen molar-refractivity contribution in [1.29, 1.82) is 0 Å². The number of pyridine rings is 5. The van der Waals surface area contributed by atoms with Crippen LogP contribution < -0.4 is 22.8 Å². The molecule has 0 saturated heterocycles. The van der Waals surface area contributed by atoms with Crippen molar-refractivity contribution in [3.05, 3.63) is 323 Å². The predicted molar refractivity (Wildman–Crippen MR) is 535 cm³/mol. The fourth-order valence-electron chi connectivity index (χ4n) is 18.9. The maximum absolute atomic E-state index is 15.2. The molecule has 0 N–H and O–H groups in total. The molecule has 0 spiro atoms. The molecule has 15 aromatic rings. The molecule has 5 nitrogen and oxygen atoms in total. The fraction of sp³-hybridized carbons (Fsp3) is 0.370. The van der Waals surface area contributed by atoms with E-state index in [2.05, 4.69) is 445 Å². The maximum atomic E-state index is 15.2. The third-order valence-electron chi connectivity index (χ3n) is 25.7. The average molecular weight is 1670 g/mol. The minimum atomic E-state index is -0.0390. The van der Waals surface area contributed by atoms with Crippen molar-refractivity contribution in [3.63, 3.8) is 0 Å². The Balaban J connectivity index is 0.000000152. The van der Waals surface area contributed by atoms with Crippen molar-refractivity contribution in [2.24, 2.45) is 64.8 Å². The number of fused-ring (bicyclic) bond motifs is 5. The molecule has 5 heterocycles. The number of halogens is 1. The number of aromatic nitrogens is 5. The fourth-order valence-corrected chi connectivity index (χ4v) is 18.9. The highest BCUT2D eigenvalue weighted by Gasteiger charge is 2.28. The molecule has 6 heteroatoms. The first kappa shape index (κ1) is 94.8. The van der Waals surface area contributed by atoms with Crippen LogP contribution in [0.2, 0.25) is 0 Å². The van der Waals surface area contributed by atoms with Crippen molar-refractivity contribution < 1.29 is 27.2 Å². The quantitative estimate of drug-likeness (QED) is 0.0810. The molecule has 0 unspecified atom stereocenters. The second kappa shape index (κ2) is 40.7.